The summed E-state index contributed by atoms with van der Waals surface area (Å²) in [5.74, 6) is 0.194. The van der Waals surface area contributed by atoms with Crippen LogP contribution in [0, 0.1) is 0 Å². The number of ether oxygens (including phenoxy) is 5. The number of rotatable bonds is 20. The van der Waals surface area contributed by atoms with E-state index < -0.39 is 17.9 Å². The summed E-state index contributed by atoms with van der Waals surface area (Å²) in [6.45, 7) is 8.32. The SMILES string of the molecule is C=CC(=O)OCCCCOc1ccc(/C=C/C(=O)Oc2ccc(SC(=O)/C=C/c3ccc(OCCCCOC(=O)C=C)cc3)nc2)cc1. The Balaban J connectivity index is 1.33. The maximum Gasteiger partial charge on any atom is 0.336 e. The van der Waals surface area contributed by atoms with Gasteiger partial charge in [-0.05, 0) is 97.1 Å². The van der Waals surface area contributed by atoms with Gasteiger partial charge in [-0.2, -0.15) is 0 Å². The van der Waals surface area contributed by atoms with Crippen molar-refractivity contribution in [3.63, 3.8) is 0 Å². The van der Waals surface area contributed by atoms with Gasteiger partial charge in [0, 0.05) is 18.2 Å². The lowest BCUT2D eigenvalue weighted by molar-refractivity contribution is -0.138. The number of benzene rings is 2. The van der Waals surface area contributed by atoms with Crippen LogP contribution in [0.25, 0.3) is 12.2 Å². The van der Waals surface area contributed by atoms with Crippen LogP contribution in [-0.2, 0) is 28.7 Å². The molecule has 3 aromatic rings. The normalized spacial score (nSPS) is 10.8. The second kappa shape index (κ2) is 21.4. The Kier molecular flexibility index (Phi) is 16.5. The van der Waals surface area contributed by atoms with Gasteiger partial charge in [0.05, 0.1) is 32.6 Å². The highest BCUT2D eigenvalue weighted by atomic mass is 32.2. The molecule has 1 heterocycles. The van der Waals surface area contributed by atoms with Crippen LogP contribution in [0.15, 0.2) is 109 Å². The highest BCUT2D eigenvalue weighted by molar-refractivity contribution is 8.14. The highest BCUT2D eigenvalue weighted by Gasteiger charge is 2.06. The maximum atomic E-state index is 12.4. The second-order valence-electron chi connectivity index (χ2n) is 9.83. The number of hydrogen-bond donors (Lipinski definition) is 0. The summed E-state index contributed by atoms with van der Waals surface area (Å²) < 4.78 is 26.5. The molecule has 0 saturated carbocycles. The molecule has 0 unspecified atom stereocenters. The van der Waals surface area contributed by atoms with Crippen LogP contribution >= 0.6 is 11.8 Å². The molecule has 0 bridgehead atoms. The van der Waals surface area contributed by atoms with Crippen molar-refractivity contribution in [2.75, 3.05) is 26.4 Å². The molecule has 0 aliphatic heterocycles. The summed E-state index contributed by atoms with van der Waals surface area (Å²) in [6, 6.07) is 17.7. The van der Waals surface area contributed by atoms with Gasteiger partial charge in [0.25, 0.3) is 0 Å². The number of pyridine rings is 1. The number of unbranched alkanes of at least 4 members (excludes halogenated alkanes) is 2. The van der Waals surface area contributed by atoms with E-state index in [-0.39, 0.29) is 10.9 Å². The van der Waals surface area contributed by atoms with Crippen molar-refractivity contribution in [2.45, 2.75) is 30.7 Å². The van der Waals surface area contributed by atoms with Gasteiger partial charge in [0.2, 0.25) is 5.12 Å². The van der Waals surface area contributed by atoms with Crippen LogP contribution in [0.5, 0.6) is 17.2 Å². The third kappa shape index (κ3) is 15.2. The predicted molar refractivity (Wildman–Crippen MR) is 183 cm³/mol. The molecule has 0 N–H and O–H groups in total. The highest BCUT2D eigenvalue weighted by Crippen LogP contribution is 2.21. The Morgan fingerprint density at radius 2 is 1.08 bits per heavy atom. The maximum absolute atomic E-state index is 12.4. The molecule has 0 saturated heterocycles. The monoisotopic (exact) mass is 671 g/mol. The molecule has 48 heavy (non-hydrogen) atoms. The van der Waals surface area contributed by atoms with E-state index in [0.29, 0.717) is 55.8 Å². The van der Waals surface area contributed by atoms with E-state index in [9.17, 15) is 19.2 Å². The zero-order valence-electron chi connectivity index (χ0n) is 26.4. The largest absolute Gasteiger partial charge is 0.494 e. The van der Waals surface area contributed by atoms with Crippen LogP contribution in [-0.4, -0.2) is 54.4 Å². The van der Waals surface area contributed by atoms with Gasteiger partial charge in [-0.1, -0.05) is 43.5 Å². The van der Waals surface area contributed by atoms with Crippen LogP contribution in [0.3, 0.4) is 0 Å². The van der Waals surface area contributed by atoms with Crippen LogP contribution in [0.2, 0.25) is 0 Å². The molecule has 0 amide bonds. The van der Waals surface area contributed by atoms with E-state index in [1.807, 2.05) is 36.4 Å². The average Bonchev–Trinajstić information content (AvgIpc) is 3.11. The van der Waals surface area contributed by atoms with Crippen molar-refractivity contribution in [2.24, 2.45) is 0 Å². The molecular weight excluding hydrogens is 634 g/mol. The standard InChI is InChI=1S/C37H37NO9S/c1-3-34(39)45-25-7-5-23-43-30-15-9-28(10-16-30)13-21-36(41)47-32-19-20-33(38-27-32)48-37(42)22-14-29-11-17-31(18-12-29)44-24-6-8-26-46-35(40)4-2/h3-4,9-22,27H,1-2,5-8,23-26H2/b21-13+,22-14+. The van der Waals surface area contributed by atoms with E-state index in [2.05, 4.69) is 18.1 Å². The summed E-state index contributed by atoms with van der Waals surface area (Å²) in [5.41, 5.74) is 1.62. The summed E-state index contributed by atoms with van der Waals surface area (Å²) in [7, 11) is 0. The summed E-state index contributed by atoms with van der Waals surface area (Å²) in [6.07, 6.45) is 12.6. The Morgan fingerprint density at radius 1 is 0.604 bits per heavy atom. The minimum absolute atomic E-state index is 0.212. The van der Waals surface area contributed by atoms with Crippen LogP contribution in [0.1, 0.15) is 36.8 Å². The Hall–Kier alpha value is -5.42. The molecule has 0 spiro atoms. The van der Waals surface area contributed by atoms with Gasteiger partial charge < -0.3 is 23.7 Å². The number of aromatic nitrogens is 1. The van der Waals surface area contributed by atoms with Gasteiger partial charge in [0.15, 0.2) is 0 Å². The number of nitrogens with zero attached hydrogens (tertiary/aromatic N) is 1. The van der Waals surface area contributed by atoms with Crippen LogP contribution < -0.4 is 14.2 Å². The molecule has 0 atom stereocenters. The number of carbonyl (C=O) groups excluding carboxylic acids is 4. The van der Waals surface area contributed by atoms with E-state index in [1.165, 1.54) is 18.3 Å². The molecule has 250 valence electrons. The second-order valence-corrected chi connectivity index (χ2v) is 10.9. The van der Waals surface area contributed by atoms with Gasteiger partial charge in [-0.3, -0.25) is 4.79 Å². The summed E-state index contributed by atoms with van der Waals surface area (Å²) in [4.78, 5) is 50.9. The first-order valence-electron chi connectivity index (χ1n) is 15.1. The molecule has 0 aliphatic carbocycles. The molecule has 0 radical (unpaired) electrons. The topological polar surface area (TPSA) is 127 Å². The molecular formula is C37H37NO9S. The third-order valence-electron chi connectivity index (χ3n) is 6.15. The van der Waals surface area contributed by atoms with Gasteiger partial charge in [-0.15, -0.1) is 0 Å². The lowest BCUT2D eigenvalue weighted by Gasteiger charge is -2.06. The van der Waals surface area contributed by atoms with E-state index in [1.54, 1.807) is 36.4 Å². The fourth-order valence-corrected chi connectivity index (χ4v) is 4.29. The van der Waals surface area contributed by atoms with Crippen molar-refractivity contribution in [1.82, 2.24) is 4.98 Å². The zero-order chi connectivity index (χ0) is 34.4. The Morgan fingerprint density at radius 3 is 1.56 bits per heavy atom. The molecule has 1 aromatic heterocycles. The Labute approximate surface area is 284 Å². The molecule has 0 fully saturated rings. The predicted octanol–water partition coefficient (Wildman–Crippen LogP) is 6.81. The number of hydrogen-bond acceptors (Lipinski definition) is 11. The molecule has 3 rings (SSSR count). The van der Waals surface area contributed by atoms with Gasteiger partial charge in [-0.25, -0.2) is 19.4 Å². The first kappa shape index (κ1) is 37.0. The van der Waals surface area contributed by atoms with Gasteiger partial charge in [0.1, 0.15) is 22.3 Å². The molecule has 10 nitrogen and oxygen atoms in total. The van der Waals surface area contributed by atoms with Gasteiger partial charge >= 0.3 is 17.9 Å². The minimum atomic E-state index is -0.573. The van der Waals surface area contributed by atoms with E-state index in [0.717, 1.165) is 47.9 Å². The van der Waals surface area contributed by atoms with Crippen LogP contribution in [0.4, 0.5) is 0 Å². The van der Waals surface area contributed by atoms with Crippen molar-refractivity contribution in [3.05, 3.63) is 115 Å². The van der Waals surface area contributed by atoms with Crippen molar-refractivity contribution < 1.29 is 42.9 Å². The van der Waals surface area contributed by atoms with Crippen molar-refractivity contribution in [3.8, 4) is 17.2 Å². The average molecular weight is 672 g/mol. The first-order valence-corrected chi connectivity index (χ1v) is 16.0. The number of carbonyl (C=O) groups is 4. The quantitative estimate of drug-likeness (QED) is 0.0544. The summed E-state index contributed by atoms with van der Waals surface area (Å²) in [5, 5.41) is 0.247. The third-order valence-corrected chi connectivity index (χ3v) is 6.94. The Bertz CT molecular complexity index is 1450. The fraction of sp³-hybridized carbons (Fsp3) is 0.216. The minimum Gasteiger partial charge on any atom is -0.494 e. The smallest absolute Gasteiger partial charge is 0.336 e. The lowest BCUT2D eigenvalue weighted by Crippen LogP contribution is -2.04. The van der Waals surface area contributed by atoms with E-state index in [4.69, 9.17) is 23.7 Å². The van der Waals surface area contributed by atoms with Crippen molar-refractivity contribution >= 4 is 46.9 Å². The van der Waals surface area contributed by atoms with Crippen molar-refractivity contribution in [1.29, 1.82) is 0 Å². The summed E-state index contributed by atoms with van der Waals surface area (Å²) >= 11 is 0.949. The molecule has 0 aliphatic rings. The fourth-order valence-electron chi connectivity index (χ4n) is 3.71. The lowest BCUT2D eigenvalue weighted by atomic mass is 10.2. The number of thioether (sulfide) groups is 1. The molecule has 11 heteroatoms. The first-order chi connectivity index (χ1) is 23.3. The zero-order valence-corrected chi connectivity index (χ0v) is 27.2. The van der Waals surface area contributed by atoms with E-state index >= 15 is 0 Å². The molecule has 2 aromatic carbocycles. The number of esters is 3.